The van der Waals surface area contributed by atoms with Crippen LogP contribution in [0.4, 0.5) is 0 Å². The van der Waals surface area contributed by atoms with Gasteiger partial charge in [-0.1, -0.05) is 89.9 Å². The number of aliphatic carboxylic acids is 2. The van der Waals surface area contributed by atoms with Crippen LogP contribution in [0.5, 0.6) is 0 Å². The molecule has 4 amide bonds. The average molecular weight is 769 g/mol. The van der Waals surface area contributed by atoms with E-state index in [4.69, 9.17) is 14.6 Å². The van der Waals surface area contributed by atoms with Crippen LogP contribution in [0.3, 0.4) is 0 Å². The summed E-state index contributed by atoms with van der Waals surface area (Å²) in [6.07, 6.45) is 22.5. The Kier molecular flexibility index (Phi) is 29.9. The van der Waals surface area contributed by atoms with Gasteiger partial charge in [-0.05, 0) is 50.9 Å². The molecular weight excluding hydrogens is 696 g/mol. The third-order valence-corrected chi connectivity index (χ3v) is 10.1. The molecule has 1 fully saturated rings. The van der Waals surface area contributed by atoms with E-state index in [1.165, 1.54) is 71.3 Å². The molecule has 0 heterocycles. The Morgan fingerprint density at radius 2 is 1.09 bits per heavy atom. The minimum atomic E-state index is -1.18. The number of nitrogens with one attached hydrogen (secondary N) is 4. The van der Waals surface area contributed by atoms with Gasteiger partial charge in [0.1, 0.15) is 12.6 Å². The fraction of sp³-hybridized carbons (Fsp3) is 0.850. The van der Waals surface area contributed by atoms with Crippen molar-refractivity contribution in [2.75, 3.05) is 46.6 Å². The quantitative estimate of drug-likeness (QED) is 0.0461. The molecule has 14 nitrogen and oxygen atoms in total. The van der Waals surface area contributed by atoms with Crippen molar-refractivity contribution < 1.29 is 48.5 Å². The maximum absolute atomic E-state index is 12.8. The molecule has 0 aromatic rings. The summed E-state index contributed by atoms with van der Waals surface area (Å²) >= 11 is 0. The highest BCUT2D eigenvalue weighted by Gasteiger charge is 2.29. The summed E-state index contributed by atoms with van der Waals surface area (Å²) in [4.78, 5) is 70.7. The molecule has 0 saturated heterocycles. The topological polar surface area (TPSA) is 209 Å². The zero-order valence-corrected chi connectivity index (χ0v) is 33.1. The van der Waals surface area contributed by atoms with Crippen molar-refractivity contribution in [3.63, 3.8) is 0 Å². The number of hydrogen-bond donors (Lipinski definition) is 6. The minimum Gasteiger partial charge on any atom is -0.481 e. The highest BCUT2D eigenvalue weighted by atomic mass is 16.5. The number of carboxylic acid groups (broad SMARTS) is 2. The van der Waals surface area contributed by atoms with E-state index in [0.29, 0.717) is 38.1 Å². The Bertz CT molecular complexity index is 1050. The second kappa shape index (κ2) is 33.1. The second-order valence-corrected chi connectivity index (χ2v) is 14.7. The van der Waals surface area contributed by atoms with E-state index in [2.05, 4.69) is 21.3 Å². The largest absolute Gasteiger partial charge is 0.481 e. The van der Waals surface area contributed by atoms with Crippen LogP contribution in [0.2, 0.25) is 0 Å². The number of carbonyl (C=O) groups is 6. The lowest BCUT2D eigenvalue weighted by molar-refractivity contribution is -0.143. The molecule has 0 aromatic heterocycles. The Morgan fingerprint density at radius 1 is 0.593 bits per heavy atom. The molecule has 6 N–H and O–H groups in total. The van der Waals surface area contributed by atoms with Crippen LogP contribution in [0.1, 0.15) is 154 Å². The van der Waals surface area contributed by atoms with Gasteiger partial charge in [-0.2, -0.15) is 0 Å². The standard InChI is InChI=1S/C40H72N4O10/c1-41-37(47)31-54-29-28-53-27-26-42-36(46)25-24-34(40(51)52)44-39(50)33-22-20-32(21-23-33)30-43-35(45)18-16-14-12-10-8-6-4-2-3-5-7-9-11-13-15-17-19-38(48)49/h32-34H,2-31H2,1H3,(H,41,47)(H,42,46)(H,43,45)(H,44,50)(H,48,49)(H,51,52). The smallest absolute Gasteiger partial charge is 0.326 e. The van der Waals surface area contributed by atoms with E-state index in [0.717, 1.165) is 51.4 Å². The van der Waals surface area contributed by atoms with Gasteiger partial charge in [0, 0.05) is 45.3 Å². The van der Waals surface area contributed by atoms with E-state index in [9.17, 15) is 33.9 Å². The van der Waals surface area contributed by atoms with Gasteiger partial charge in [-0.15, -0.1) is 0 Å². The second-order valence-electron chi connectivity index (χ2n) is 14.7. The third kappa shape index (κ3) is 28.2. The molecular formula is C40H72N4O10. The van der Waals surface area contributed by atoms with Gasteiger partial charge in [-0.25, -0.2) is 4.79 Å². The molecule has 1 aliphatic rings. The van der Waals surface area contributed by atoms with Gasteiger partial charge < -0.3 is 41.0 Å². The molecule has 1 atom stereocenters. The van der Waals surface area contributed by atoms with E-state index in [-0.39, 0.29) is 75.4 Å². The molecule has 1 saturated carbocycles. The Balaban J connectivity index is 2.01. The molecule has 0 aliphatic heterocycles. The van der Waals surface area contributed by atoms with Gasteiger partial charge in [0.25, 0.3) is 0 Å². The molecule has 0 bridgehead atoms. The summed E-state index contributed by atoms with van der Waals surface area (Å²) in [6, 6.07) is -1.15. The lowest BCUT2D eigenvalue weighted by Gasteiger charge is -2.28. The van der Waals surface area contributed by atoms with Gasteiger partial charge in [0.05, 0.1) is 19.8 Å². The maximum atomic E-state index is 12.8. The predicted molar refractivity (Wildman–Crippen MR) is 207 cm³/mol. The Morgan fingerprint density at radius 3 is 1.61 bits per heavy atom. The molecule has 312 valence electrons. The van der Waals surface area contributed by atoms with Crippen molar-refractivity contribution in [2.24, 2.45) is 11.8 Å². The van der Waals surface area contributed by atoms with Crippen molar-refractivity contribution in [3.05, 3.63) is 0 Å². The number of likely N-dealkylation sites (N-methyl/N-ethyl adjacent to an activating group) is 1. The molecule has 14 heteroatoms. The van der Waals surface area contributed by atoms with Crippen molar-refractivity contribution in [3.8, 4) is 0 Å². The van der Waals surface area contributed by atoms with Gasteiger partial charge in [0.2, 0.25) is 23.6 Å². The predicted octanol–water partition coefficient (Wildman–Crippen LogP) is 5.26. The van der Waals surface area contributed by atoms with E-state index in [1.54, 1.807) is 0 Å². The molecule has 54 heavy (non-hydrogen) atoms. The van der Waals surface area contributed by atoms with Gasteiger partial charge in [0.15, 0.2) is 0 Å². The van der Waals surface area contributed by atoms with Gasteiger partial charge in [-0.3, -0.25) is 24.0 Å². The minimum absolute atomic E-state index is 0.0220. The zero-order chi connectivity index (χ0) is 39.7. The van der Waals surface area contributed by atoms with Crippen LogP contribution in [-0.2, 0) is 38.2 Å². The Labute approximate surface area is 323 Å². The lowest BCUT2D eigenvalue weighted by atomic mass is 9.81. The maximum Gasteiger partial charge on any atom is 0.326 e. The number of rotatable bonds is 35. The highest BCUT2D eigenvalue weighted by Crippen LogP contribution is 2.29. The molecule has 0 spiro atoms. The summed E-state index contributed by atoms with van der Waals surface area (Å²) in [5.41, 5.74) is 0. The number of carboxylic acids is 2. The fourth-order valence-corrected chi connectivity index (χ4v) is 6.64. The summed E-state index contributed by atoms with van der Waals surface area (Å²) < 4.78 is 10.4. The summed E-state index contributed by atoms with van der Waals surface area (Å²) in [5.74, 6) is -2.63. The summed E-state index contributed by atoms with van der Waals surface area (Å²) in [7, 11) is 1.52. The number of amides is 4. The summed E-state index contributed by atoms with van der Waals surface area (Å²) in [5, 5.41) is 29.0. The molecule has 1 rings (SSSR count). The first-order valence-corrected chi connectivity index (χ1v) is 20.8. The van der Waals surface area contributed by atoms with E-state index < -0.39 is 18.0 Å². The first kappa shape index (κ1) is 48.8. The Hall–Kier alpha value is -3.26. The molecule has 0 aromatic carbocycles. The van der Waals surface area contributed by atoms with Gasteiger partial charge >= 0.3 is 11.9 Å². The third-order valence-electron chi connectivity index (χ3n) is 10.1. The number of unbranched alkanes of at least 4 members (excludes halogenated alkanes) is 15. The van der Waals surface area contributed by atoms with Crippen LogP contribution in [0, 0.1) is 11.8 Å². The number of carbonyl (C=O) groups excluding carboxylic acids is 4. The number of ether oxygens (including phenoxy) is 2. The SMILES string of the molecule is CNC(=O)COCCOCCNC(=O)CCC(NC(=O)C1CCC(CNC(=O)CCCCCCCCCCCCCCCCCCC(=O)O)CC1)C(=O)O. The van der Waals surface area contributed by atoms with Crippen LogP contribution < -0.4 is 21.3 Å². The average Bonchev–Trinajstić information content (AvgIpc) is 3.15. The van der Waals surface area contributed by atoms with Crippen molar-refractivity contribution >= 4 is 35.6 Å². The monoisotopic (exact) mass is 769 g/mol. The highest BCUT2D eigenvalue weighted by molar-refractivity contribution is 5.85. The molecule has 0 radical (unpaired) electrons. The zero-order valence-electron chi connectivity index (χ0n) is 33.1. The fourth-order valence-electron chi connectivity index (χ4n) is 6.64. The van der Waals surface area contributed by atoms with Crippen molar-refractivity contribution in [2.45, 2.75) is 160 Å². The summed E-state index contributed by atoms with van der Waals surface area (Å²) in [6.45, 7) is 1.55. The molecule has 1 aliphatic carbocycles. The van der Waals surface area contributed by atoms with Crippen LogP contribution in [0.25, 0.3) is 0 Å². The van der Waals surface area contributed by atoms with Crippen LogP contribution >= 0.6 is 0 Å². The van der Waals surface area contributed by atoms with E-state index in [1.807, 2.05) is 0 Å². The van der Waals surface area contributed by atoms with Crippen molar-refractivity contribution in [1.82, 2.24) is 21.3 Å². The molecule has 1 unspecified atom stereocenters. The first-order chi connectivity index (χ1) is 26.1. The van der Waals surface area contributed by atoms with Crippen LogP contribution in [0.15, 0.2) is 0 Å². The lowest BCUT2D eigenvalue weighted by Crippen LogP contribution is -2.45. The normalized spacial score (nSPS) is 15.9. The first-order valence-electron chi connectivity index (χ1n) is 20.8. The van der Waals surface area contributed by atoms with E-state index >= 15 is 0 Å². The van der Waals surface area contributed by atoms with Crippen LogP contribution in [-0.4, -0.2) is 98.4 Å². The van der Waals surface area contributed by atoms with Crippen molar-refractivity contribution in [1.29, 1.82) is 0 Å². The number of hydrogen-bond acceptors (Lipinski definition) is 8.